The normalized spacial score (nSPS) is 23.6. The predicted octanol–water partition coefficient (Wildman–Crippen LogP) is 2.33. The standard InChI is InChI=1S/C20H27N5OS/c1-14-13-16(15(2)22-14)19-18(17-5-3-4-6-21-17)23-20(27)25(19)8-7-24-9-11-26-12-10-24/h3-6,13,18-19,22H,7-12H2,1-2H3,(H,23,27)/t18-,19-/m0/s1. The summed E-state index contributed by atoms with van der Waals surface area (Å²) in [5, 5.41) is 4.34. The fraction of sp³-hybridized carbons (Fsp3) is 0.500. The Hall–Kier alpha value is -1.96. The van der Waals surface area contributed by atoms with E-state index >= 15 is 0 Å². The molecule has 2 saturated heterocycles. The largest absolute Gasteiger partial charge is 0.379 e. The molecule has 0 bridgehead atoms. The molecule has 0 aliphatic carbocycles. The van der Waals surface area contributed by atoms with Gasteiger partial charge in [-0.2, -0.15) is 0 Å². The molecule has 2 aliphatic heterocycles. The van der Waals surface area contributed by atoms with Gasteiger partial charge in [-0.25, -0.2) is 0 Å². The molecule has 2 N–H and O–H groups in total. The number of aromatic nitrogens is 2. The van der Waals surface area contributed by atoms with Gasteiger partial charge in [0.2, 0.25) is 0 Å². The van der Waals surface area contributed by atoms with Crippen molar-refractivity contribution in [3.63, 3.8) is 0 Å². The number of hydrogen-bond acceptors (Lipinski definition) is 4. The monoisotopic (exact) mass is 385 g/mol. The Morgan fingerprint density at radius 3 is 2.70 bits per heavy atom. The van der Waals surface area contributed by atoms with Crippen LogP contribution < -0.4 is 5.32 Å². The maximum absolute atomic E-state index is 5.75. The van der Waals surface area contributed by atoms with Crippen LogP contribution in [0.3, 0.4) is 0 Å². The van der Waals surface area contributed by atoms with Crippen molar-refractivity contribution in [2.45, 2.75) is 25.9 Å². The number of thiocarbonyl (C=S) groups is 1. The van der Waals surface area contributed by atoms with E-state index in [0.717, 1.165) is 50.2 Å². The Balaban J connectivity index is 1.61. The number of nitrogens with one attached hydrogen (secondary N) is 2. The van der Waals surface area contributed by atoms with E-state index in [4.69, 9.17) is 17.0 Å². The molecule has 0 saturated carbocycles. The summed E-state index contributed by atoms with van der Waals surface area (Å²) in [6, 6.07) is 8.50. The predicted molar refractivity (Wildman–Crippen MR) is 110 cm³/mol. The highest BCUT2D eigenvalue weighted by Gasteiger charge is 2.40. The summed E-state index contributed by atoms with van der Waals surface area (Å²) in [4.78, 5) is 12.8. The molecule has 2 aliphatic rings. The van der Waals surface area contributed by atoms with Crippen LogP contribution in [0.1, 0.15) is 34.7 Å². The Bertz CT molecular complexity index is 787. The zero-order valence-electron chi connectivity index (χ0n) is 15.9. The quantitative estimate of drug-likeness (QED) is 0.771. The minimum Gasteiger partial charge on any atom is -0.379 e. The van der Waals surface area contributed by atoms with Crippen molar-refractivity contribution >= 4 is 17.3 Å². The molecule has 2 atom stereocenters. The molecule has 7 heteroatoms. The molecule has 4 heterocycles. The van der Waals surface area contributed by atoms with Crippen molar-refractivity contribution in [1.29, 1.82) is 0 Å². The van der Waals surface area contributed by atoms with Gasteiger partial charge in [0.25, 0.3) is 0 Å². The number of pyridine rings is 1. The first-order chi connectivity index (χ1) is 13.1. The first-order valence-corrected chi connectivity index (χ1v) is 9.98. The van der Waals surface area contributed by atoms with Crippen LogP contribution in [-0.4, -0.2) is 64.3 Å². The number of hydrogen-bond donors (Lipinski definition) is 2. The Kier molecular flexibility index (Phi) is 5.43. The highest BCUT2D eigenvalue weighted by molar-refractivity contribution is 7.80. The molecule has 2 aromatic rings. The minimum atomic E-state index is 0.0530. The fourth-order valence-electron chi connectivity index (χ4n) is 4.11. The van der Waals surface area contributed by atoms with Gasteiger partial charge in [-0.1, -0.05) is 6.07 Å². The van der Waals surface area contributed by atoms with E-state index in [1.54, 1.807) is 0 Å². The molecular formula is C20H27N5OS. The molecule has 0 radical (unpaired) electrons. The van der Waals surface area contributed by atoms with E-state index in [0.29, 0.717) is 0 Å². The third kappa shape index (κ3) is 3.85. The number of aromatic amines is 1. The third-order valence-electron chi connectivity index (χ3n) is 5.47. The van der Waals surface area contributed by atoms with Crippen molar-refractivity contribution in [3.8, 4) is 0 Å². The SMILES string of the molecule is Cc1cc([C@H]2[C@H](c3ccccn3)NC(=S)N2CCN2CCOCC2)c(C)[nH]1. The van der Waals surface area contributed by atoms with E-state index < -0.39 is 0 Å². The van der Waals surface area contributed by atoms with Gasteiger partial charge in [0.15, 0.2) is 5.11 Å². The Labute approximate surface area is 165 Å². The summed E-state index contributed by atoms with van der Waals surface area (Å²) in [5.74, 6) is 0. The number of nitrogens with zero attached hydrogens (tertiary/aromatic N) is 3. The van der Waals surface area contributed by atoms with Crippen LogP contribution in [0.5, 0.6) is 0 Å². The molecule has 6 nitrogen and oxygen atoms in total. The third-order valence-corrected chi connectivity index (χ3v) is 5.82. The fourth-order valence-corrected chi connectivity index (χ4v) is 4.44. The van der Waals surface area contributed by atoms with Crippen molar-refractivity contribution in [1.82, 2.24) is 25.1 Å². The van der Waals surface area contributed by atoms with Gasteiger partial charge in [-0.3, -0.25) is 9.88 Å². The number of morpholine rings is 1. The van der Waals surface area contributed by atoms with Crippen LogP contribution in [0, 0.1) is 13.8 Å². The van der Waals surface area contributed by atoms with Gasteiger partial charge in [-0.15, -0.1) is 0 Å². The highest BCUT2D eigenvalue weighted by atomic mass is 32.1. The lowest BCUT2D eigenvalue weighted by atomic mass is 9.97. The molecule has 144 valence electrons. The summed E-state index contributed by atoms with van der Waals surface area (Å²) in [6.45, 7) is 9.74. The Morgan fingerprint density at radius 1 is 1.22 bits per heavy atom. The second kappa shape index (κ2) is 7.96. The van der Waals surface area contributed by atoms with E-state index in [1.165, 1.54) is 17.0 Å². The summed E-state index contributed by atoms with van der Waals surface area (Å²) in [5.41, 5.74) is 4.68. The van der Waals surface area contributed by atoms with Gasteiger partial charge < -0.3 is 19.9 Å². The smallest absolute Gasteiger partial charge is 0.170 e. The van der Waals surface area contributed by atoms with Crippen LogP contribution in [0.2, 0.25) is 0 Å². The van der Waals surface area contributed by atoms with Gasteiger partial charge in [-0.05, 0) is 49.8 Å². The van der Waals surface area contributed by atoms with Gasteiger partial charge >= 0.3 is 0 Å². The van der Waals surface area contributed by atoms with Crippen molar-refractivity contribution in [3.05, 3.63) is 53.1 Å². The van der Waals surface area contributed by atoms with Crippen molar-refractivity contribution in [2.75, 3.05) is 39.4 Å². The summed E-state index contributed by atoms with van der Waals surface area (Å²) >= 11 is 5.75. The minimum absolute atomic E-state index is 0.0530. The van der Waals surface area contributed by atoms with Gasteiger partial charge in [0, 0.05) is 43.8 Å². The maximum Gasteiger partial charge on any atom is 0.170 e. The van der Waals surface area contributed by atoms with E-state index in [-0.39, 0.29) is 12.1 Å². The topological polar surface area (TPSA) is 56.4 Å². The van der Waals surface area contributed by atoms with Crippen molar-refractivity contribution in [2.24, 2.45) is 0 Å². The van der Waals surface area contributed by atoms with Crippen LogP contribution in [0.15, 0.2) is 30.5 Å². The first-order valence-electron chi connectivity index (χ1n) is 9.58. The van der Waals surface area contributed by atoms with E-state index in [1.807, 2.05) is 18.3 Å². The number of ether oxygens (including phenoxy) is 1. The molecule has 27 heavy (non-hydrogen) atoms. The number of H-pyrrole nitrogens is 1. The van der Waals surface area contributed by atoms with E-state index in [2.05, 4.69) is 51.1 Å². The van der Waals surface area contributed by atoms with Gasteiger partial charge in [0.05, 0.1) is 31.0 Å². The molecular weight excluding hydrogens is 358 g/mol. The number of aryl methyl sites for hydroxylation is 2. The Morgan fingerprint density at radius 2 is 2.04 bits per heavy atom. The zero-order chi connectivity index (χ0) is 18.8. The van der Waals surface area contributed by atoms with Crippen LogP contribution in [-0.2, 0) is 4.74 Å². The highest BCUT2D eigenvalue weighted by Crippen LogP contribution is 2.39. The first kappa shape index (κ1) is 18.4. The summed E-state index contributed by atoms with van der Waals surface area (Å²) in [6.07, 6.45) is 1.85. The van der Waals surface area contributed by atoms with Crippen LogP contribution in [0.4, 0.5) is 0 Å². The van der Waals surface area contributed by atoms with Crippen LogP contribution >= 0.6 is 12.2 Å². The summed E-state index contributed by atoms with van der Waals surface area (Å²) in [7, 11) is 0. The molecule has 2 fully saturated rings. The second-order valence-corrected chi connectivity index (χ2v) is 7.69. The average Bonchev–Trinajstić information content (AvgIpc) is 3.19. The lowest BCUT2D eigenvalue weighted by Crippen LogP contribution is -2.42. The zero-order valence-corrected chi connectivity index (χ0v) is 16.8. The van der Waals surface area contributed by atoms with Gasteiger partial charge in [0.1, 0.15) is 0 Å². The molecule has 0 aromatic carbocycles. The number of rotatable bonds is 5. The lowest BCUT2D eigenvalue weighted by molar-refractivity contribution is 0.0350. The molecule has 2 aromatic heterocycles. The van der Waals surface area contributed by atoms with E-state index in [9.17, 15) is 0 Å². The molecule has 0 spiro atoms. The average molecular weight is 386 g/mol. The second-order valence-electron chi connectivity index (χ2n) is 7.31. The molecule has 0 amide bonds. The van der Waals surface area contributed by atoms with Crippen molar-refractivity contribution < 1.29 is 4.74 Å². The maximum atomic E-state index is 5.75. The van der Waals surface area contributed by atoms with Crippen LogP contribution in [0.25, 0.3) is 0 Å². The lowest BCUT2D eigenvalue weighted by Gasteiger charge is -2.32. The molecule has 0 unspecified atom stereocenters. The summed E-state index contributed by atoms with van der Waals surface area (Å²) < 4.78 is 5.47. The molecule has 4 rings (SSSR count).